The number of aliphatic carboxylic acids is 1. The minimum absolute atomic E-state index is 0.0687. The Morgan fingerprint density at radius 1 is 0.328 bits per heavy atom. The summed E-state index contributed by atoms with van der Waals surface area (Å²) >= 11 is 0. The van der Waals surface area contributed by atoms with Crippen molar-refractivity contribution in [1.29, 1.82) is 0 Å². The number of ether oxygens (including phenoxy) is 12. The fourth-order valence-electron chi connectivity index (χ4n) is 13.4. The first-order valence-electron chi connectivity index (χ1n) is 51.2. The van der Waals surface area contributed by atoms with Crippen molar-refractivity contribution in [3.05, 3.63) is 83.4 Å². The number of hydrogen-bond acceptors (Lipinski definition) is 27. The van der Waals surface area contributed by atoms with Crippen LogP contribution in [-0.4, -0.2) is 192 Å². The molecule has 0 aliphatic carbocycles. The van der Waals surface area contributed by atoms with Crippen LogP contribution < -0.4 is 5.32 Å². The molecule has 3 aromatic carbocycles. The number of carbonyl (C=O) groups is 15. The van der Waals surface area contributed by atoms with E-state index in [0.717, 1.165) is 62.1 Å². The molecule has 0 aromatic heterocycles. The molecule has 1 heterocycles. The van der Waals surface area contributed by atoms with E-state index in [2.05, 4.69) is 63.3 Å². The SMILES string of the molecule is CCC(C)(C)C(=O)O.CCC(C)c1ccccc1.CCCCC(CC)COC(=O)CCCCCOC(=O)CCCCCOC(=O)CCCCCOC(=O)CCCCCOC(=O)CCCCCOC(=O)CCCCCOC(=O)CCCCCOC(=O)CCCCCOC(=O)CCCCCOC(=O)CCCCCOC(=O)NCCOC(=O)C(C)(C)CC.CCN1C(=O)c2cccc3cccc(c23)C1=O. The molecular weight excluding hydrogens is 1760 g/mol. The topological polar surface area (TPSA) is 402 Å². The predicted octanol–water partition coefficient (Wildman–Crippen LogP) is 22.1. The highest BCUT2D eigenvalue weighted by Gasteiger charge is 2.32. The van der Waals surface area contributed by atoms with Gasteiger partial charge in [0.1, 0.15) is 6.61 Å². The number of carbonyl (C=O) groups excluding carboxylic acids is 14. The lowest BCUT2D eigenvalue weighted by atomic mass is 9.91. The van der Waals surface area contributed by atoms with Gasteiger partial charge in [0.2, 0.25) is 0 Å². The maximum absolute atomic E-state index is 12.1. The van der Waals surface area contributed by atoms with Gasteiger partial charge >= 0.3 is 77.7 Å². The van der Waals surface area contributed by atoms with Crippen molar-refractivity contribution in [3.8, 4) is 0 Å². The molecule has 3 amide bonds. The molecule has 2 N–H and O–H groups in total. The lowest BCUT2D eigenvalue weighted by Gasteiger charge is -2.25. The van der Waals surface area contributed by atoms with Crippen LogP contribution in [0.5, 0.6) is 0 Å². The molecule has 0 saturated heterocycles. The number of esters is 11. The molecule has 30 nitrogen and oxygen atoms in total. The second kappa shape index (κ2) is 80.9. The Morgan fingerprint density at radius 3 is 0.876 bits per heavy atom. The number of amides is 3. The highest BCUT2D eigenvalue weighted by molar-refractivity contribution is 6.25. The third kappa shape index (κ3) is 65.5. The third-order valence-corrected chi connectivity index (χ3v) is 23.5. The molecule has 776 valence electrons. The Labute approximate surface area is 816 Å². The van der Waals surface area contributed by atoms with Crippen molar-refractivity contribution in [2.45, 2.75) is 384 Å². The zero-order valence-corrected chi connectivity index (χ0v) is 85.1. The van der Waals surface area contributed by atoms with Crippen LogP contribution in [0.25, 0.3) is 10.8 Å². The van der Waals surface area contributed by atoms with Crippen LogP contribution >= 0.6 is 0 Å². The molecule has 2 atom stereocenters. The van der Waals surface area contributed by atoms with Crippen LogP contribution in [0.3, 0.4) is 0 Å². The molecule has 0 fully saturated rings. The number of unbranched alkanes of at least 4 members (excludes halogenated alkanes) is 21. The summed E-state index contributed by atoms with van der Waals surface area (Å²) in [5.41, 5.74) is 1.59. The molecule has 3 aromatic rings. The van der Waals surface area contributed by atoms with Gasteiger partial charge in [0.25, 0.3) is 11.8 Å². The van der Waals surface area contributed by atoms with Gasteiger partial charge in [-0.05, 0) is 288 Å². The summed E-state index contributed by atoms with van der Waals surface area (Å²) in [6, 6.07) is 21.7. The van der Waals surface area contributed by atoms with Gasteiger partial charge in [-0.1, -0.05) is 115 Å². The van der Waals surface area contributed by atoms with Gasteiger partial charge in [0.15, 0.2) is 0 Å². The van der Waals surface area contributed by atoms with Gasteiger partial charge in [-0.2, -0.15) is 0 Å². The van der Waals surface area contributed by atoms with Gasteiger partial charge < -0.3 is 67.3 Å². The predicted molar refractivity (Wildman–Crippen MR) is 524 cm³/mol. The molecule has 2 unspecified atom stereocenters. The van der Waals surface area contributed by atoms with Crippen molar-refractivity contribution in [3.63, 3.8) is 0 Å². The van der Waals surface area contributed by atoms with E-state index in [-0.39, 0.29) is 188 Å². The van der Waals surface area contributed by atoms with Crippen molar-refractivity contribution in [2.24, 2.45) is 16.7 Å². The zero-order chi connectivity index (χ0) is 101. The number of benzene rings is 3. The molecule has 137 heavy (non-hydrogen) atoms. The van der Waals surface area contributed by atoms with Crippen molar-refractivity contribution in [2.75, 3.05) is 92.4 Å². The zero-order valence-electron chi connectivity index (χ0n) is 85.1. The monoisotopic (exact) mass is 1930 g/mol. The minimum Gasteiger partial charge on any atom is -0.481 e. The summed E-state index contributed by atoms with van der Waals surface area (Å²) in [4.78, 5) is 180. The summed E-state index contributed by atoms with van der Waals surface area (Å²) in [5.74, 6) is -2.94. The largest absolute Gasteiger partial charge is 0.481 e. The summed E-state index contributed by atoms with van der Waals surface area (Å²) in [6.45, 7) is 25.3. The Bertz CT molecular complexity index is 3830. The molecule has 0 bridgehead atoms. The van der Waals surface area contributed by atoms with E-state index in [4.69, 9.17) is 61.9 Å². The van der Waals surface area contributed by atoms with E-state index >= 15 is 0 Å². The van der Waals surface area contributed by atoms with Crippen LogP contribution in [0.2, 0.25) is 0 Å². The van der Waals surface area contributed by atoms with E-state index in [1.54, 1.807) is 39.8 Å². The van der Waals surface area contributed by atoms with E-state index in [9.17, 15) is 71.9 Å². The van der Waals surface area contributed by atoms with E-state index in [0.29, 0.717) is 248 Å². The van der Waals surface area contributed by atoms with Crippen LogP contribution in [0.1, 0.15) is 410 Å². The Kier molecular flexibility index (Phi) is 73.8. The minimum atomic E-state index is -0.722. The van der Waals surface area contributed by atoms with Crippen molar-refractivity contribution in [1.82, 2.24) is 10.2 Å². The summed E-state index contributed by atoms with van der Waals surface area (Å²) in [6.07, 6.45) is 29.3. The third-order valence-electron chi connectivity index (χ3n) is 23.5. The molecular formula is C107H170N2O28. The normalized spacial score (nSPS) is 11.9. The Balaban J connectivity index is 0.00000218. The molecule has 0 radical (unpaired) electrons. The number of imide groups is 1. The summed E-state index contributed by atoms with van der Waals surface area (Å²) in [5, 5.41) is 12.7. The molecule has 30 heteroatoms. The first-order chi connectivity index (χ1) is 65.9. The number of hydrogen-bond donors (Lipinski definition) is 2. The Morgan fingerprint density at radius 2 is 0.620 bits per heavy atom. The van der Waals surface area contributed by atoms with Gasteiger partial charge in [-0.15, -0.1) is 0 Å². The Hall–Kier alpha value is -10.0. The fraction of sp³-hybridized carbons (Fsp3) is 0.710. The van der Waals surface area contributed by atoms with Crippen LogP contribution in [0.15, 0.2) is 66.7 Å². The maximum atomic E-state index is 12.1. The second-order valence-electron chi connectivity index (χ2n) is 36.0. The van der Waals surface area contributed by atoms with Crippen molar-refractivity contribution >= 4 is 100 Å². The number of carboxylic acids is 1. The first-order valence-corrected chi connectivity index (χ1v) is 51.2. The number of alkyl carbamates (subject to hydrolysis) is 1. The van der Waals surface area contributed by atoms with Gasteiger partial charge in [0.05, 0.1) is 90.1 Å². The van der Waals surface area contributed by atoms with Crippen LogP contribution in [0, 0.1) is 16.7 Å². The maximum Gasteiger partial charge on any atom is 0.407 e. The quantitative estimate of drug-likeness (QED) is 0.0229. The van der Waals surface area contributed by atoms with Crippen LogP contribution in [0.4, 0.5) is 4.79 Å². The molecule has 1 aliphatic heterocycles. The number of rotatable bonds is 76. The number of nitrogens with one attached hydrogen (secondary N) is 1. The average Bonchev–Trinajstić information content (AvgIpc) is 0.750. The first kappa shape index (κ1) is 125. The smallest absolute Gasteiger partial charge is 0.407 e. The molecule has 1 aliphatic rings. The highest BCUT2D eigenvalue weighted by atomic mass is 16.6. The highest BCUT2D eigenvalue weighted by Crippen LogP contribution is 2.31. The number of nitrogens with zero attached hydrogens (tertiary/aromatic N) is 1. The number of carboxylic acid groups (broad SMARTS) is 1. The lowest BCUT2D eigenvalue weighted by molar-refractivity contribution is -0.154. The fourth-order valence-corrected chi connectivity index (χ4v) is 13.4. The average molecular weight is 1930 g/mol. The van der Waals surface area contributed by atoms with Crippen molar-refractivity contribution < 1.29 is 134 Å². The summed E-state index contributed by atoms with van der Waals surface area (Å²) in [7, 11) is 0. The van der Waals surface area contributed by atoms with E-state index in [1.165, 1.54) is 16.9 Å². The lowest BCUT2D eigenvalue weighted by Crippen LogP contribution is -2.39. The van der Waals surface area contributed by atoms with E-state index < -0.39 is 22.9 Å². The molecule has 0 saturated carbocycles. The van der Waals surface area contributed by atoms with Crippen LogP contribution in [-0.2, 0) is 114 Å². The second-order valence-corrected chi connectivity index (χ2v) is 36.0. The van der Waals surface area contributed by atoms with E-state index in [1.807, 2.05) is 45.0 Å². The van der Waals surface area contributed by atoms with Gasteiger partial charge in [-0.25, -0.2) is 4.79 Å². The molecule has 0 spiro atoms. The van der Waals surface area contributed by atoms with Gasteiger partial charge in [0, 0.05) is 87.3 Å². The standard InChI is InChI=1S/C77H133NO24.C14H11NO2.C10H14.C6H12O2/c1-6-9-40-64(7-2)63-102-74(88)50-29-18-38-60-99-72(86)48-27-16-36-58-97-70(84)46-25-14-34-56-95-68(82)44-23-12-32-54-93-66(80)42-21-10-30-52-91-65(79)41-20-11-31-53-92-67(81)43-22-13-33-55-94-69(83)45-24-15-35-57-96-71(85)47-26-17-37-59-98-73(87)49-28-19-39-61-101-76(90)78-51-62-100-75(89)77(4,5)8-3;1-2-15-13(16)10-7-3-5-9-6-4-8-11(12(9)10)14(15)17;1-3-9(2)10-7-5-4-6-8-10;1-4-6(2,3)5(7)8/h64H,6-63H2,1-5H3,(H,78,90);3-8H,2H2,1H3;4-9H,3H2,1-2H3;4H2,1-3H3,(H,7,8). The molecule has 4 rings (SSSR count). The summed E-state index contributed by atoms with van der Waals surface area (Å²) < 4.78 is 63.4. The van der Waals surface area contributed by atoms with Gasteiger partial charge in [-0.3, -0.25) is 72.0 Å².